The number of aromatic nitrogens is 2. The Balaban J connectivity index is 1.73. The maximum atomic E-state index is 13.5. The van der Waals surface area contributed by atoms with E-state index in [0.29, 0.717) is 22.9 Å². The zero-order valence-corrected chi connectivity index (χ0v) is 16.1. The highest BCUT2D eigenvalue weighted by Crippen LogP contribution is 2.38. The standard InChI is InChI=1S/C20H26FN5O/c1-13-9-14(21)10-18(27)19(13)16-11-17-20(23-22-16)26(8-7-25(17)3)15-5-4-6-24(2)12-15/h9-11,15,27H,4-8,12H2,1-3H3/t15-/m0/s1. The second-order valence-electron chi connectivity index (χ2n) is 7.73. The van der Waals surface area contributed by atoms with Gasteiger partial charge < -0.3 is 19.8 Å². The van der Waals surface area contributed by atoms with Crippen LogP contribution in [0.25, 0.3) is 11.3 Å². The van der Waals surface area contributed by atoms with Gasteiger partial charge in [0.1, 0.15) is 11.6 Å². The van der Waals surface area contributed by atoms with Crippen molar-refractivity contribution < 1.29 is 9.50 Å². The SMILES string of the molecule is Cc1cc(F)cc(O)c1-c1cc2c(nn1)N([C@H]1CCCN(C)C1)CCN2C. The highest BCUT2D eigenvalue weighted by Gasteiger charge is 2.31. The van der Waals surface area contributed by atoms with Gasteiger partial charge in [0.2, 0.25) is 0 Å². The van der Waals surface area contributed by atoms with Gasteiger partial charge in [0.25, 0.3) is 0 Å². The number of hydrogen-bond acceptors (Lipinski definition) is 6. The lowest BCUT2D eigenvalue weighted by atomic mass is 10.0. The Morgan fingerprint density at radius 3 is 2.67 bits per heavy atom. The number of aryl methyl sites for hydroxylation is 1. The molecule has 144 valence electrons. The molecule has 2 aliphatic rings. The number of phenolic OH excluding ortho intramolecular Hbond substituents is 1. The summed E-state index contributed by atoms with van der Waals surface area (Å²) < 4.78 is 13.5. The predicted molar refractivity (Wildman–Crippen MR) is 105 cm³/mol. The fourth-order valence-electron chi connectivity index (χ4n) is 4.27. The second-order valence-corrected chi connectivity index (χ2v) is 7.73. The maximum absolute atomic E-state index is 13.5. The van der Waals surface area contributed by atoms with Crippen LogP contribution in [0.5, 0.6) is 5.75 Å². The Hall–Kier alpha value is -2.41. The molecular weight excluding hydrogens is 345 g/mol. The molecule has 2 aliphatic heterocycles. The van der Waals surface area contributed by atoms with E-state index in [1.807, 2.05) is 13.1 Å². The summed E-state index contributed by atoms with van der Waals surface area (Å²) in [6, 6.07) is 4.93. The average molecular weight is 371 g/mol. The van der Waals surface area contributed by atoms with Crippen molar-refractivity contribution in [3.8, 4) is 17.0 Å². The van der Waals surface area contributed by atoms with Crippen LogP contribution in [0.1, 0.15) is 18.4 Å². The van der Waals surface area contributed by atoms with Crippen LogP contribution in [0, 0.1) is 12.7 Å². The Morgan fingerprint density at radius 1 is 1.11 bits per heavy atom. The highest BCUT2D eigenvalue weighted by atomic mass is 19.1. The molecule has 27 heavy (non-hydrogen) atoms. The van der Waals surface area contributed by atoms with E-state index in [9.17, 15) is 9.50 Å². The molecule has 0 unspecified atom stereocenters. The van der Waals surface area contributed by atoms with E-state index in [0.717, 1.165) is 50.2 Å². The van der Waals surface area contributed by atoms with Crippen LogP contribution < -0.4 is 9.80 Å². The van der Waals surface area contributed by atoms with E-state index in [2.05, 4.69) is 31.9 Å². The molecule has 0 saturated carbocycles. The third kappa shape index (κ3) is 3.32. The molecule has 0 amide bonds. The maximum Gasteiger partial charge on any atom is 0.175 e. The molecule has 0 bridgehead atoms. The molecule has 3 heterocycles. The van der Waals surface area contributed by atoms with E-state index in [1.54, 1.807) is 6.92 Å². The zero-order valence-electron chi connectivity index (χ0n) is 16.1. The van der Waals surface area contributed by atoms with Gasteiger partial charge in [-0.15, -0.1) is 10.2 Å². The van der Waals surface area contributed by atoms with Crippen molar-refractivity contribution in [1.29, 1.82) is 0 Å². The number of benzene rings is 1. The topological polar surface area (TPSA) is 55.7 Å². The monoisotopic (exact) mass is 371 g/mol. The summed E-state index contributed by atoms with van der Waals surface area (Å²) in [4.78, 5) is 6.92. The first-order valence-corrected chi connectivity index (χ1v) is 9.47. The number of halogens is 1. The molecule has 2 aromatic rings. The molecule has 1 fully saturated rings. The van der Waals surface area contributed by atoms with Gasteiger partial charge in [-0.1, -0.05) is 0 Å². The number of nitrogens with zero attached hydrogens (tertiary/aromatic N) is 5. The predicted octanol–water partition coefficient (Wildman–Crippen LogP) is 2.65. The van der Waals surface area contributed by atoms with Crippen LogP contribution in [-0.4, -0.2) is 66.5 Å². The van der Waals surface area contributed by atoms with Crippen molar-refractivity contribution in [2.75, 3.05) is 50.1 Å². The van der Waals surface area contributed by atoms with E-state index >= 15 is 0 Å². The summed E-state index contributed by atoms with van der Waals surface area (Å²) in [7, 11) is 4.21. The van der Waals surface area contributed by atoms with Crippen molar-refractivity contribution in [2.45, 2.75) is 25.8 Å². The molecule has 1 aromatic carbocycles. The van der Waals surface area contributed by atoms with Crippen LogP contribution in [0.4, 0.5) is 15.9 Å². The molecule has 4 rings (SSSR count). The first-order chi connectivity index (χ1) is 12.9. The first-order valence-electron chi connectivity index (χ1n) is 9.47. The smallest absolute Gasteiger partial charge is 0.175 e. The van der Waals surface area contributed by atoms with E-state index < -0.39 is 5.82 Å². The molecule has 0 radical (unpaired) electrons. The largest absolute Gasteiger partial charge is 0.507 e. The summed E-state index contributed by atoms with van der Waals surface area (Å²) in [6.45, 7) is 5.78. The number of phenols is 1. The van der Waals surface area contributed by atoms with Gasteiger partial charge in [0, 0.05) is 44.4 Å². The van der Waals surface area contributed by atoms with Gasteiger partial charge in [-0.25, -0.2) is 4.39 Å². The number of piperidine rings is 1. The van der Waals surface area contributed by atoms with Gasteiger partial charge in [0.15, 0.2) is 5.82 Å². The Labute approximate surface area is 159 Å². The highest BCUT2D eigenvalue weighted by molar-refractivity contribution is 5.78. The summed E-state index contributed by atoms with van der Waals surface area (Å²) in [5.74, 6) is 0.336. The number of likely N-dealkylation sites (N-methyl/N-ethyl adjacent to an activating group) is 2. The molecule has 1 aromatic heterocycles. The van der Waals surface area contributed by atoms with E-state index in [1.165, 1.54) is 12.5 Å². The molecule has 6 nitrogen and oxygen atoms in total. The fraction of sp³-hybridized carbons (Fsp3) is 0.500. The summed E-state index contributed by atoms with van der Waals surface area (Å²) in [6.07, 6.45) is 2.35. The number of anilines is 2. The van der Waals surface area contributed by atoms with Crippen molar-refractivity contribution in [1.82, 2.24) is 15.1 Å². The third-order valence-corrected chi connectivity index (χ3v) is 5.69. The molecule has 0 spiro atoms. The molecule has 0 aliphatic carbocycles. The normalized spacial score (nSPS) is 20.7. The van der Waals surface area contributed by atoms with Gasteiger partial charge in [-0.3, -0.25) is 0 Å². The first kappa shape index (κ1) is 18.0. The van der Waals surface area contributed by atoms with Crippen molar-refractivity contribution in [3.05, 3.63) is 29.6 Å². The van der Waals surface area contributed by atoms with Crippen LogP contribution in [0.15, 0.2) is 18.2 Å². The lowest BCUT2D eigenvalue weighted by molar-refractivity contribution is 0.243. The number of rotatable bonds is 2. The Morgan fingerprint density at radius 2 is 1.93 bits per heavy atom. The Bertz CT molecular complexity index is 835. The average Bonchev–Trinajstić information content (AvgIpc) is 2.61. The summed E-state index contributed by atoms with van der Waals surface area (Å²) in [5, 5.41) is 19.2. The second kappa shape index (κ2) is 6.96. The van der Waals surface area contributed by atoms with Crippen LogP contribution in [0.2, 0.25) is 0 Å². The summed E-state index contributed by atoms with van der Waals surface area (Å²) >= 11 is 0. The minimum Gasteiger partial charge on any atom is -0.507 e. The number of aromatic hydroxyl groups is 1. The quantitative estimate of drug-likeness (QED) is 0.876. The minimum absolute atomic E-state index is 0.106. The van der Waals surface area contributed by atoms with Crippen LogP contribution in [-0.2, 0) is 0 Å². The molecule has 1 saturated heterocycles. The van der Waals surface area contributed by atoms with Crippen molar-refractivity contribution in [2.24, 2.45) is 0 Å². The number of likely N-dealkylation sites (tertiary alicyclic amines) is 1. The molecule has 1 N–H and O–H groups in total. The zero-order chi connectivity index (χ0) is 19.1. The number of fused-ring (bicyclic) bond motifs is 1. The van der Waals surface area contributed by atoms with Gasteiger partial charge in [-0.2, -0.15) is 0 Å². The van der Waals surface area contributed by atoms with E-state index in [4.69, 9.17) is 0 Å². The summed E-state index contributed by atoms with van der Waals surface area (Å²) in [5.41, 5.74) is 2.75. The third-order valence-electron chi connectivity index (χ3n) is 5.69. The van der Waals surface area contributed by atoms with Gasteiger partial charge in [0.05, 0.1) is 11.4 Å². The lowest BCUT2D eigenvalue weighted by Crippen LogP contribution is -2.51. The minimum atomic E-state index is -0.454. The van der Waals surface area contributed by atoms with Crippen molar-refractivity contribution >= 4 is 11.5 Å². The van der Waals surface area contributed by atoms with Gasteiger partial charge >= 0.3 is 0 Å². The number of hydrogen-bond donors (Lipinski definition) is 1. The van der Waals surface area contributed by atoms with Crippen LogP contribution >= 0.6 is 0 Å². The van der Waals surface area contributed by atoms with E-state index in [-0.39, 0.29) is 5.75 Å². The molecule has 7 heteroatoms. The Kier molecular flexibility index (Phi) is 4.63. The lowest BCUT2D eigenvalue weighted by Gasteiger charge is -2.43. The molecular formula is C20H26FN5O. The van der Waals surface area contributed by atoms with Crippen molar-refractivity contribution in [3.63, 3.8) is 0 Å². The van der Waals surface area contributed by atoms with Crippen LogP contribution in [0.3, 0.4) is 0 Å². The fourth-order valence-corrected chi connectivity index (χ4v) is 4.27. The molecule has 1 atom stereocenters. The van der Waals surface area contributed by atoms with Gasteiger partial charge in [-0.05, 0) is 51.1 Å².